The zero-order chi connectivity index (χ0) is 23.8. The normalized spacial score (nSPS) is 13.1. The minimum absolute atomic E-state index is 0.0848. The van der Waals surface area contributed by atoms with Crippen LogP contribution in [0.2, 0.25) is 5.02 Å². The lowest BCUT2D eigenvalue weighted by atomic mass is 9.97. The number of benzene rings is 2. The molecule has 5 nitrogen and oxygen atoms in total. The Morgan fingerprint density at radius 2 is 1.97 bits per heavy atom. The van der Waals surface area contributed by atoms with Gasteiger partial charge in [-0.2, -0.15) is 0 Å². The van der Waals surface area contributed by atoms with E-state index >= 15 is 0 Å². The number of rotatable bonds is 5. The summed E-state index contributed by atoms with van der Waals surface area (Å²) in [6, 6.07) is 12.8. The van der Waals surface area contributed by atoms with E-state index in [0.29, 0.717) is 21.3 Å². The molecule has 5 rings (SSSR count). The molecule has 2 heterocycles. The average Bonchev–Trinajstić information content (AvgIpc) is 3.19. The lowest BCUT2D eigenvalue weighted by Gasteiger charge is -2.14. The summed E-state index contributed by atoms with van der Waals surface area (Å²) in [4.78, 5) is 33.4. The molecule has 0 atom stereocenters. The smallest absolute Gasteiger partial charge is 0.267 e. The molecule has 0 radical (unpaired) electrons. The molecule has 1 aliphatic rings. The van der Waals surface area contributed by atoms with Crippen molar-refractivity contribution in [2.75, 3.05) is 11.1 Å². The highest BCUT2D eigenvalue weighted by Gasteiger charge is 2.23. The molecule has 0 unspecified atom stereocenters. The fourth-order valence-corrected chi connectivity index (χ4v) is 6.90. The fraction of sp³-hybridized carbons (Fsp3) is 0.240. The Morgan fingerprint density at radius 3 is 2.74 bits per heavy atom. The summed E-state index contributed by atoms with van der Waals surface area (Å²) < 4.78 is 2.57. The third kappa shape index (κ3) is 4.69. The Bertz CT molecular complexity index is 1460. The summed E-state index contributed by atoms with van der Waals surface area (Å²) >= 11 is 12.4. The van der Waals surface area contributed by atoms with Crippen LogP contribution in [-0.4, -0.2) is 21.2 Å². The number of halogens is 2. The first-order valence-corrected chi connectivity index (χ1v) is 13.9. The van der Waals surface area contributed by atoms with Gasteiger partial charge in [-0.1, -0.05) is 39.3 Å². The molecule has 0 spiro atoms. The number of nitrogens with one attached hydrogen (secondary N) is 1. The van der Waals surface area contributed by atoms with Crippen LogP contribution in [0.1, 0.15) is 28.8 Å². The highest BCUT2D eigenvalue weighted by molar-refractivity contribution is 9.10. The van der Waals surface area contributed by atoms with Crippen LogP contribution in [0.3, 0.4) is 0 Å². The van der Waals surface area contributed by atoms with Crippen LogP contribution in [-0.2, 0) is 17.6 Å². The van der Waals surface area contributed by atoms with Crippen LogP contribution < -0.4 is 10.9 Å². The zero-order valence-electron chi connectivity index (χ0n) is 18.4. The first-order valence-electron chi connectivity index (χ1n) is 10.9. The third-order valence-corrected chi connectivity index (χ3v) is 8.71. The number of carbonyl (C=O) groups is 1. The number of thiophene rings is 1. The van der Waals surface area contributed by atoms with Gasteiger partial charge in [0.2, 0.25) is 5.91 Å². The Hall–Kier alpha value is -2.13. The molecule has 0 saturated carbocycles. The molecule has 9 heteroatoms. The molecule has 2 aromatic carbocycles. The minimum Gasteiger partial charge on any atom is -0.325 e. The second-order valence-electron chi connectivity index (χ2n) is 8.20. The van der Waals surface area contributed by atoms with Gasteiger partial charge < -0.3 is 5.32 Å². The second kappa shape index (κ2) is 9.85. The van der Waals surface area contributed by atoms with E-state index in [-0.39, 0.29) is 17.2 Å². The molecule has 1 aliphatic carbocycles. The summed E-state index contributed by atoms with van der Waals surface area (Å²) in [6.07, 6.45) is 4.14. The molecule has 0 bridgehead atoms. The lowest BCUT2D eigenvalue weighted by molar-refractivity contribution is -0.113. The summed E-state index contributed by atoms with van der Waals surface area (Å²) in [5.74, 6) is -0.0236. The molecule has 34 heavy (non-hydrogen) atoms. The van der Waals surface area contributed by atoms with Crippen molar-refractivity contribution in [1.82, 2.24) is 9.55 Å². The first kappa shape index (κ1) is 23.6. The standard InChI is InChI=1S/C25H21BrClN3O2S2/c1-14-12-15(26)6-11-19(14)28-21(31)13-33-25-29-23-22(18-4-2-3-5-20(18)34-23)24(32)30(25)17-9-7-16(27)8-10-17/h6-12H,2-5,13H2,1H3,(H,28,31). The summed E-state index contributed by atoms with van der Waals surface area (Å²) in [5, 5.41) is 4.77. The minimum atomic E-state index is -0.155. The maximum atomic E-state index is 13.8. The van der Waals surface area contributed by atoms with Gasteiger partial charge in [0.15, 0.2) is 5.16 Å². The van der Waals surface area contributed by atoms with Crippen molar-refractivity contribution in [2.45, 2.75) is 37.8 Å². The number of nitrogens with zero attached hydrogens (tertiary/aromatic N) is 2. The number of hydrogen-bond donors (Lipinski definition) is 1. The van der Waals surface area contributed by atoms with E-state index in [4.69, 9.17) is 16.6 Å². The van der Waals surface area contributed by atoms with Gasteiger partial charge in [0.05, 0.1) is 16.8 Å². The Morgan fingerprint density at radius 1 is 1.21 bits per heavy atom. The van der Waals surface area contributed by atoms with Gasteiger partial charge in [-0.3, -0.25) is 14.2 Å². The van der Waals surface area contributed by atoms with E-state index < -0.39 is 0 Å². The van der Waals surface area contributed by atoms with E-state index in [2.05, 4.69) is 21.2 Å². The molecule has 0 fully saturated rings. The van der Waals surface area contributed by atoms with Gasteiger partial charge in [0, 0.05) is 20.1 Å². The Labute approximate surface area is 218 Å². The maximum absolute atomic E-state index is 13.8. The van der Waals surface area contributed by atoms with Crippen molar-refractivity contribution in [3.63, 3.8) is 0 Å². The third-order valence-electron chi connectivity index (χ3n) is 5.84. The number of aromatic nitrogens is 2. The van der Waals surface area contributed by atoms with E-state index in [1.807, 2.05) is 37.3 Å². The topological polar surface area (TPSA) is 64.0 Å². The van der Waals surface area contributed by atoms with Crippen LogP contribution in [0.5, 0.6) is 0 Å². The van der Waals surface area contributed by atoms with E-state index in [1.165, 1.54) is 16.6 Å². The molecular weight excluding hydrogens is 554 g/mol. The maximum Gasteiger partial charge on any atom is 0.267 e. The van der Waals surface area contributed by atoms with Crippen LogP contribution in [0.4, 0.5) is 5.69 Å². The van der Waals surface area contributed by atoms with Gasteiger partial charge >= 0.3 is 0 Å². The molecule has 1 amide bonds. The number of anilines is 1. The quantitative estimate of drug-likeness (QED) is 0.211. The highest BCUT2D eigenvalue weighted by Crippen LogP contribution is 2.35. The van der Waals surface area contributed by atoms with Crippen molar-refractivity contribution in [3.8, 4) is 5.69 Å². The molecule has 0 aliphatic heterocycles. The number of thioether (sulfide) groups is 1. The number of fused-ring (bicyclic) bond motifs is 3. The lowest BCUT2D eigenvalue weighted by Crippen LogP contribution is -2.23. The predicted octanol–water partition coefficient (Wildman–Crippen LogP) is 6.78. The van der Waals surface area contributed by atoms with Crippen molar-refractivity contribution in [3.05, 3.63) is 78.3 Å². The largest absolute Gasteiger partial charge is 0.325 e. The van der Waals surface area contributed by atoms with Gasteiger partial charge in [-0.25, -0.2) is 4.98 Å². The van der Waals surface area contributed by atoms with Gasteiger partial charge in [0.25, 0.3) is 5.56 Å². The van der Waals surface area contributed by atoms with Gasteiger partial charge in [-0.05, 0) is 86.2 Å². The van der Waals surface area contributed by atoms with E-state index in [0.717, 1.165) is 51.8 Å². The SMILES string of the molecule is Cc1cc(Br)ccc1NC(=O)CSc1nc2sc3c(c2c(=O)n1-c1ccc(Cl)cc1)CCCC3. The highest BCUT2D eigenvalue weighted by atomic mass is 79.9. The number of hydrogen-bond acceptors (Lipinski definition) is 5. The monoisotopic (exact) mass is 573 g/mol. The molecular formula is C25H21BrClN3O2S2. The van der Waals surface area contributed by atoms with Crippen LogP contribution in [0.25, 0.3) is 15.9 Å². The molecule has 4 aromatic rings. The average molecular weight is 575 g/mol. The predicted molar refractivity (Wildman–Crippen MR) is 145 cm³/mol. The van der Waals surface area contributed by atoms with Crippen LogP contribution in [0.15, 0.2) is 56.9 Å². The summed E-state index contributed by atoms with van der Waals surface area (Å²) in [5.41, 5.74) is 3.48. The van der Waals surface area contributed by atoms with Crippen molar-refractivity contribution in [1.29, 1.82) is 0 Å². The molecule has 0 saturated heterocycles. The Kier molecular flexibility index (Phi) is 6.84. The van der Waals surface area contributed by atoms with Crippen LogP contribution >= 0.6 is 50.6 Å². The first-order chi connectivity index (χ1) is 16.4. The summed E-state index contributed by atoms with van der Waals surface area (Å²) in [7, 11) is 0. The fourth-order valence-electron chi connectivity index (χ4n) is 4.18. The Balaban J connectivity index is 1.51. The van der Waals surface area contributed by atoms with Crippen molar-refractivity contribution in [2.24, 2.45) is 0 Å². The zero-order valence-corrected chi connectivity index (χ0v) is 22.3. The van der Waals surface area contributed by atoms with Gasteiger partial charge in [-0.15, -0.1) is 11.3 Å². The van der Waals surface area contributed by atoms with Crippen molar-refractivity contribution >= 4 is 72.4 Å². The van der Waals surface area contributed by atoms with E-state index in [1.54, 1.807) is 28.0 Å². The number of aryl methyl sites for hydroxylation is 3. The number of amides is 1. The second-order valence-corrected chi connectivity index (χ2v) is 11.6. The molecule has 2 aromatic heterocycles. The van der Waals surface area contributed by atoms with Crippen LogP contribution in [0, 0.1) is 6.92 Å². The van der Waals surface area contributed by atoms with Gasteiger partial charge in [0.1, 0.15) is 4.83 Å². The number of carbonyl (C=O) groups excluding carboxylic acids is 1. The summed E-state index contributed by atoms with van der Waals surface area (Å²) in [6.45, 7) is 1.94. The van der Waals surface area contributed by atoms with Crippen molar-refractivity contribution < 1.29 is 4.79 Å². The molecule has 1 N–H and O–H groups in total. The molecule has 174 valence electrons. The van der Waals surface area contributed by atoms with E-state index in [9.17, 15) is 9.59 Å².